The number of hydrogen-bond acceptors (Lipinski definition) is 4. The molecule has 4 nitrogen and oxygen atoms in total. The summed E-state index contributed by atoms with van der Waals surface area (Å²) in [4.78, 5) is 16.2. The van der Waals surface area contributed by atoms with Crippen molar-refractivity contribution in [2.45, 2.75) is 25.8 Å². The van der Waals surface area contributed by atoms with E-state index in [9.17, 15) is 4.79 Å². The molecule has 0 radical (unpaired) electrons. The van der Waals surface area contributed by atoms with E-state index in [0.29, 0.717) is 0 Å². The van der Waals surface area contributed by atoms with Crippen molar-refractivity contribution in [2.24, 2.45) is 0 Å². The molecule has 0 bridgehead atoms. The van der Waals surface area contributed by atoms with Crippen molar-refractivity contribution < 1.29 is 4.79 Å². The number of Topliss-reactive ketones (excluding diaryl/α,β-unsaturated/α-hetero) is 1. The molecular weight excluding hydrogens is 338 g/mol. The molecule has 0 amide bonds. The summed E-state index contributed by atoms with van der Waals surface area (Å²) in [5, 5.41) is 4.08. The number of thiocarbonyl (C=S) groups is 1. The molecule has 3 rings (SSSR count). The fraction of sp³-hybridized carbons (Fsp3) is 0.556. The fourth-order valence-corrected chi connectivity index (χ4v) is 4.71. The summed E-state index contributed by atoms with van der Waals surface area (Å²) in [6.45, 7) is 5.75. The number of carbonyl (C=O) groups is 1. The van der Waals surface area contributed by atoms with E-state index in [-0.39, 0.29) is 5.78 Å². The van der Waals surface area contributed by atoms with Crippen LogP contribution in [0, 0.1) is 0 Å². The van der Waals surface area contributed by atoms with Crippen LogP contribution in [0.15, 0.2) is 24.3 Å². The van der Waals surface area contributed by atoms with Gasteiger partial charge in [0.2, 0.25) is 0 Å². The summed E-state index contributed by atoms with van der Waals surface area (Å²) in [5.41, 5.74) is 1.67. The minimum atomic E-state index is 0.0846. The van der Waals surface area contributed by atoms with Crippen molar-refractivity contribution in [1.82, 2.24) is 9.80 Å². The van der Waals surface area contributed by atoms with Gasteiger partial charge in [-0.3, -0.25) is 9.69 Å². The van der Waals surface area contributed by atoms with Gasteiger partial charge >= 0.3 is 0 Å². The van der Waals surface area contributed by atoms with Gasteiger partial charge in [-0.25, -0.2) is 0 Å². The third-order valence-electron chi connectivity index (χ3n) is 4.85. The zero-order valence-electron chi connectivity index (χ0n) is 14.2. The average molecular weight is 364 g/mol. The van der Waals surface area contributed by atoms with Crippen LogP contribution in [0.25, 0.3) is 0 Å². The first-order chi connectivity index (χ1) is 11.6. The Labute approximate surface area is 154 Å². The zero-order chi connectivity index (χ0) is 16.9. The number of anilines is 1. The lowest BCUT2D eigenvalue weighted by Gasteiger charge is -2.41. The van der Waals surface area contributed by atoms with Crippen molar-refractivity contribution in [1.29, 1.82) is 0 Å². The van der Waals surface area contributed by atoms with Crippen LogP contribution < -0.4 is 5.32 Å². The van der Waals surface area contributed by atoms with Crippen molar-refractivity contribution in [3.05, 3.63) is 29.8 Å². The first kappa shape index (κ1) is 17.7. The second kappa shape index (κ2) is 8.32. The van der Waals surface area contributed by atoms with Gasteiger partial charge in [0.15, 0.2) is 10.9 Å². The maximum absolute atomic E-state index is 11.3. The van der Waals surface area contributed by atoms with Gasteiger partial charge in [0.1, 0.15) is 0 Å². The van der Waals surface area contributed by atoms with Gasteiger partial charge in [0, 0.05) is 43.5 Å². The molecule has 2 saturated heterocycles. The Hall–Kier alpha value is -1.11. The molecule has 1 aromatic carbocycles. The molecule has 0 aliphatic carbocycles. The van der Waals surface area contributed by atoms with Crippen LogP contribution in [-0.2, 0) is 0 Å². The Kier molecular flexibility index (Phi) is 6.14. The van der Waals surface area contributed by atoms with E-state index in [1.807, 2.05) is 24.3 Å². The minimum Gasteiger partial charge on any atom is -0.346 e. The van der Waals surface area contributed by atoms with E-state index in [4.69, 9.17) is 12.2 Å². The number of carbonyl (C=O) groups excluding carboxylic acids is 1. The molecule has 2 aliphatic heterocycles. The number of benzene rings is 1. The van der Waals surface area contributed by atoms with Crippen molar-refractivity contribution in [3.63, 3.8) is 0 Å². The van der Waals surface area contributed by atoms with Gasteiger partial charge in [-0.15, -0.1) is 0 Å². The van der Waals surface area contributed by atoms with Gasteiger partial charge in [-0.05, 0) is 67.8 Å². The van der Waals surface area contributed by atoms with Crippen LogP contribution in [-0.4, -0.2) is 64.4 Å². The number of thioether (sulfide) groups is 1. The van der Waals surface area contributed by atoms with E-state index in [1.165, 1.54) is 24.3 Å². The van der Waals surface area contributed by atoms with Crippen LogP contribution in [0.3, 0.4) is 0 Å². The molecule has 1 aromatic rings. The minimum absolute atomic E-state index is 0.0846. The Morgan fingerprint density at radius 2 is 1.75 bits per heavy atom. The van der Waals surface area contributed by atoms with Crippen LogP contribution in [0.1, 0.15) is 30.1 Å². The number of nitrogens with zero attached hydrogens (tertiary/aromatic N) is 2. The summed E-state index contributed by atoms with van der Waals surface area (Å²) >= 11 is 7.64. The Balaban J connectivity index is 1.48. The first-order valence-electron chi connectivity index (χ1n) is 8.62. The average Bonchev–Trinajstić information content (AvgIpc) is 2.63. The molecule has 2 aliphatic rings. The van der Waals surface area contributed by atoms with Crippen molar-refractivity contribution in [2.75, 3.05) is 43.0 Å². The molecule has 0 spiro atoms. The summed E-state index contributed by atoms with van der Waals surface area (Å²) in [5.74, 6) is 2.70. The number of ketones is 1. The van der Waals surface area contributed by atoms with Gasteiger partial charge in [0.05, 0.1) is 0 Å². The van der Waals surface area contributed by atoms with Gasteiger partial charge in [-0.2, -0.15) is 11.8 Å². The fourth-order valence-electron chi connectivity index (χ4n) is 3.33. The first-order valence-corrected chi connectivity index (χ1v) is 10.2. The highest BCUT2D eigenvalue weighted by molar-refractivity contribution is 7.99. The third-order valence-corrected chi connectivity index (χ3v) is 6.26. The largest absolute Gasteiger partial charge is 0.346 e. The number of nitrogens with one attached hydrogen (secondary N) is 1. The predicted molar refractivity (Wildman–Crippen MR) is 106 cm³/mol. The standard InChI is InChI=1S/C18H25N3OS2/c1-14(22)15-2-4-16(5-3-15)19-18(23)21-10-8-20(9-11-21)17-6-12-24-13-7-17/h2-5,17H,6-13H2,1H3,(H,19,23). The second-order valence-electron chi connectivity index (χ2n) is 6.43. The Morgan fingerprint density at radius 3 is 2.33 bits per heavy atom. The summed E-state index contributed by atoms with van der Waals surface area (Å²) in [6.07, 6.45) is 2.66. The quantitative estimate of drug-likeness (QED) is 0.657. The van der Waals surface area contributed by atoms with Gasteiger partial charge in [-0.1, -0.05) is 0 Å². The van der Waals surface area contributed by atoms with Crippen LogP contribution in [0.5, 0.6) is 0 Å². The maximum atomic E-state index is 11.3. The van der Waals surface area contributed by atoms with E-state index in [0.717, 1.165) is 48.6 Å². The highest BCUT2D eigenvalue weighted by atomic mass is 32.2. The summed E-state index contributed by atoms with van der Waals surface area (Å²) in [6, 6.07) is 8.28. The van der Waals surface area contributed by atoms with Gasteiger partial charge in [0.25, 0.3) is 0 Å². The lowest BCUT2D eigenvalue weighted by Crippen LogP contribution is -2.53. The van der Waals surface area contributed by atoms with Gasteiger partial charge < -0.3 is 10.2 Å². The lowest BCUT2D eigenvalue weighted by molar-refractivity contribution is 0.101. The monoisotopic (exact) mass is 363 g/mol. The number of hydrogen-bond donors (Lipinski definition) is 1. The molecule has 2 heterocycles. The molecule has 0 unspecified atom stereocenters. The van der Waals surface area contributed by atoms with E-state index in [1.54, 1.807) is 6.92 Å². The second-order valence-corrected chi connectivity index (χ2v) is 8.04. The maximum Gasteiger partial charge on any atom is 0.173 e. The third kappa shape index (κ3) is 4.49. The highest BCUT2D eigenvalue weighted by Crippen LogP contribution is 2.23. The molecule has 24 heavy (non-hydrogen) atoms. The molecule has 0 saturated carbocycles. The number of piperazine rings is 1. The van der Waals surface area contributed by atoms with Crippen LogP contribution >= 0.6 is 24.0 Å². The highest BCUT2D eigenvalue weighted by Gasteiger charge is 2.26. The van der Waals surface area contributed by atoms with Crippen molar-refractivity contribution in [3.8, 4) is 0 Å². The number of rotatable bonds is 3. The summed E-state index contributed by atoms with van der Waals surface area (Å²) in [7, 11) is 0. The molecule has 6 heteroatoms. The zero-order valence-corrected chi connectivity index (χ0v) is 15.8. The molecule has 130 valence electrons. The van der Waals surface area contributed by atoms with E-state index < -0.39 is 0 Å². The molecule has 1 N–H and O–H groups in total. The lowest BCUT2D eigenvalue weighted by atomic mass is 10.1. The molecular formula is C18H25N3OS2. The normalized spacial score (nSPS) is 20.0. The Bertz CT molecular complexity index is 576. The SMILES string of the molecule is CC(=O)c1ccc(NC(=S)N2CCN(C3CCSCC3)CC2)cc1. The van der Waals surface area contributed by atoms with E-state index >= 15 is 0 Å². The summed E-state index contributed by atoms with van der Waals surface area (Å²) < 4.78 is 0. The van der Waals surface area contributed by atoms with E-state index in [2.05, 4.69) is 26.9 Å². The topological polar surface area (TPSA) is 35.6 Å². The molecule has 2 fully saturated rings. The molecule has 0 aromatic heterocycles. The Morgan fingerprint density at radius 1 is 1.12 bits per heavy atom. The van der Waals surface area contributed by atoms with Crippen LogP contribution in [0.4, 0.5) is 5.69 Å². The van der Waals surface area contributed by atoms with Crippen LogP contribution in [0.2, 0.25) is 0 Å². The predicted octanol–water partition coefficient (Wildman–Crippen LogP) is 3.10. The molecule has 0 atom stereocenters. The smallest absolute Gasteiger partial charge is 0.173 e. The van der Waals surface area contributed by atoms with Crippen molar-refractivity contribution >= 4 is 40.6 Å².